The third-order valence-corrected chi connectivity index (χ3v) is 4.67. The maximum atomic E-state index is 12.5. The molecule has 0 heterocycles. The fourth-order valence-electron chi connectivity index (χ4n) is 3.02. The second-order valence-electron chi connectivity index (χ2n) is 6.40. The molecule has 1 N–H and O–H groups in total. The molecule has 2 saturated carbocycles. The first kappa shape index (κ1) is 15.8. The van der Waals surface area contributed by atoms with Gasteiger partial charge in [-0.05, 0) is 42.4 Å². The highest BCUT2D eigenvalue weighted by atomic mass is 19.4. The highest BCUT2D eigenvalue weighted by molar-refractivity contribution is 5.86. The molecule has 1 atom stereocenters. The zero-order valence-electron chi connectivity index (χ0n) is 12.3. The van der Waals surface area contributed by atoms with Crippen LogP contribution < -0.4 is 0 Å². The summed E-state index contributed by atoms with van der Waals surface area (Å²) in [5.74, 6) is -1.45. The number of hydrogen-bond acceptors (Lipinski definition) is 2. The molecule has 3 rings (SSSR count). The van der Waals surface area contributed by atoms with Crippen LogP contribution in [0, 0.1) is 11.3 Å². The van der Waals surface area contributed by atoms with E-state index in [2.05, 4.69) is 0 Å². The predicted octanol–water partition coefficient (Wildman–Crippen LogP) is 2.92. The molecular weight excluding hydrogens is 311 g/mol. The molecule has 0 bridgehead atoms. The fourth-order valence-corrected chi connectivity index (χ4v) is 3.02. The maximum absolute atomic E-state index is 12.5. The molecule has 0 radical (unpaired) electrons. The van der Waals surface area contributed by atoms with Gasteiger partial charge in [-0.25, -0.2) is 0 Å². The number of hydrogen-bond donors (Lipinski definition) is 1. The highest BCUT2D eigenvalue weighted by Gasteiger charge is 2.66. The minimum Gasteiger partial charge on any atom is -0.480 e. The van der Waals surface area contributed by atoms with Crippen LogP contribution in [0.2, 0.25) is 0 Å². The van der Waals surface area contributed by atoms with E-state index in [-0.39, 0.29) is 23.8 Å². The molecule has 124 valence electrons. The molecule has 1 aromatic rings. The molecule has 1 spiro atoms. The Labute approximate surface area is 130 Å². The first-order valence-corrected chi connectivity index (χ1v) is 7.38. The van der Waals surface area contributed by atoms with Crippen LogP contribution in [0.5, 0.6) is 0 Å². The van der Waals surface area contributed by atoms with Crippen LogP contribution in [0.15, 0.2) is 24.3 Å². The van der Waals surface area contributed by atoms with E-state index in [1.54, 1.807) is 0 Å². The van der Waals surface area contributed by atoms with Gasteiger partial charge in [-0.15, -0.1) is 0 Å². The van der Waals surface area contributed by atoms with Gasteiger partial charge in [-0.3, -0.25) is 9.59 Å². The van der Waals surface area contributed by atoms with E-state index in [4.69, 9.17) is 5.11 Å². The van der Waals surface area contributed by atoms with Gasteiger partial charge in [0.15, 0.2) is 0 Å². The van der Waals surface area contributed by atoms with Crippen molar-refractivity contribution in [3.63, 3.8) is 0 Å². The van der Waals surface area contributed by atoms with E-state index in [0.29, 0.717) is 5.56 Å². The van der Waals surface area contributed by atoms with Gasteiger partial charge < -0.3 is 10.0 Å². The van der Waals surface area contributed by atoms with Crippen LogP contribution >= 0.6 is 0 Å². The maximum Gasteiger partial charge on any atom is 0.416 e. The summed E-state index contributed by atoms with van der Waals surface area (Å²) in [6.45, 7) is -0.428. The molecule has 2 fully saturated rings. The van der Waals surface area contributed by atoms with Gasteiger partial charge in [0, 0.05) is 12.5 Å². The van der Waals surface area contributed by atoms with Crippen LogP contribution in [0.1, 0.15) is 30.4 Å². The van der Waals surface area contributed by atoms with E-state index < -0.39 is 24.3 Å². The summed E-state index contributed by atoms with van der Waals surface area (Å²) in [7, 11) is 0. The van der Waals surface area contributed by atoms with Crippen molar-refractivity contribution in [2.24, 2.45) is 11.3 Å². The summed E-state index contributed by atoms with van der Waals surface area (Å²) in [5.41, 5.74) is -0.178. The van der Waals surface area contributed by atoms with E-state index in [1.807, 2.05) is 0 Å². The lowest BCUT2D eigenvalue weighted by Gasteiger charge is -2.21. The van der Waals surface area contributed by atoms with E-state index in [9.17, 15) is 22.8 Å². The Morgan fingerprint density at radius 3 is 2.26 bits per heavy atom. The van der Waals surface area contributed by atoms with Crippen molar-refractivity contribution in [1.82, 2.24) is 4.90 Å². The molecule has 4 nitrogen and oxygen atoms in total. The number of aliphatic carboxylic acids is 1. The Bertz CT molecular complexity index is 635. The zero-order chi connectivity index (χ0) is 16.8. The third-order valence-electron chi connectivity index (χ3n) is 4.67. The number of rotatable bonds is 5. The minimum absolute atomic E-state index is 0.00977. The fraction of sp³-hybridized carbons (Fsp3) is 0.500. The third kappa shape index (κ3) is 3.33. The monoisotopic (exact) mass is 327 g/mol. The molecular formula is C16H16F3NO3. The summed E-state index contributed by atoms with van der Waals surface area (Å²) < 4.78 is 37.6. The topological polar surface area (TPSA) is 57.6 Å². The number of benzene rings is 1. The molecule has 1 unspecified atom stereocenters. The average molecular weight is 327 g/mol. The molecule has 1 aromatic carbocycles. The van der Waals surface area contributed by atoms with E-state index in [1.165, 1.54) is 17.0 Å². The minimum atomic E-state index is -4.42. The van der Waals surface area contributed by atoms with Gasteiger partial charge in [0.05, 0.1) is 5.56 Å². The number of nitrogens with zero attached hydrogens (tertiary/aromatic N) is 1. The van der Waals surface area contributed by atoms with Crippen LogP contribution in [0.3, 0.4) is 0 Å². The number of amides is 1. The van der Waals surface area contributed by atoms with Gasteiger partial charge in [0.25, 0.3) is 0 Å². The first-order chi connectivity index (χ1) is 10.7. The molecule has 0 saturated heterocycles. The smallest absolute Gasteiger partial charge is 0.416 e. The highest BCUT2D eigenvalue weighted by Crippen LogP contribution is 2.71. The normalized spacial score (nSPS) is 21.1. The second-order valence-corrected chi connectivity index (χ2v) is 6.40. The number of carbonyl (C=O) groups excluding carboxylic acids is 1. The zero-order valence-corrected chi connectivity index (χ0v) is 12.3. The van der Waals surface area contributed by atoms with Gasteiger partial charge in [0.1, 0.15) is 6.54 Å². The first-order valence-electron chi connectivity index (χ1n) is 7.38. The Balaban J connectivity index is 1.70. The van der Waals surface area contributed by atoms with Crippen molar-refractivity contribution in [3.8, 4) is 0 Å². The Hall–Kier alpha value is -2.05. The Morgan fingerprint density at radius 2 is 1.83 bits per heavy atom. The lowest BCUT2D eigenvalue weighted by molar-refractivity contribution is -0.145. The Morgan fingerprint density at radius 1 is 1.22 bits per heavy atom. The quantitative estimate of drug-likeness (QED) is 0.905. The molecule has 2 aliphatic carbocycles. The van der Waals surface area contributed by atoms with Crippen LogP contribution in [-0.2, 0) is 22.3 Å². The van der Waals surface area contributed by atoms with Gasteiger partial charge >= 0.3 is 12.1 Å². The summed E-state index contributed by atoms with van der Waals surface area (Å²) in [5, 5.41) is 8.97. The molecule has 1 amide bonds. The van der Waals surface area contributed by atoms with Crippen LogP contribution in [-0.4, -0.2) is 28.4 Å². The van der Waals surface area contributed by atoms with Gasteiger partial charge in [-0.2, -0.15) is 13.2 Å². The Kier molecular flexibility index (Phi) is 3.61. The molecule has 23 heavy (non-hydrogen) atoms. The summed E-state index contributed by atoms with van der Waals surface area (Å²) in [6.07, 6.45) is -1.61. The molecule has 0 aliphatic heterocycles. The summed E-state index contributed by atoms with van der Waals surface area (Å²) in [6, 6.07) is 4.45. The van der Waals surface area contributed by atoms with Crippen molar-refractivity contribution in [2.75, 3.05) is 6.54 Å². The molecule has 7 heteroatoms. The van der Waals surface area contributed by atoms with Gasteiger partial charge in [0.2, 0.25) is 5.91 Å². The largest absolute Gasteiger partial charge is 0.480 e. The number of carbonyl (C=O) groups is 2. The van der Waals surface area contributed by atoms with Crippen LogP contribution in [0.25, 0.3) is 0 Å². The van der Waals surface area contributed by atoms with Crippen molar-refractivity contribution in [2.45, 2.75) is 32.0 Å². The van der Waals surface area contributed by atoms with Crippen molar-refractivity contribution in [1.29, 1.82) is 0 Å². The van der Waals surface area contributed by atoms with E-state index in [0.717, 1.165) is 31.4 Å². The lowest BCUT2D eigenvalue weighted by Crippen LogP contribution is -2.36. The van der Waals surface area contributed by atoms with Crippen molar-refractivity contribution in [3.05, 3.63) is 35.4 Å². The summed E-state index contributed by atoms with van der Waals surface area (Å²) in [4.78, 5) is 24.6. The SMILES string of the molecule is O=C(O)CN(Cc1ccc(C(F)(F)F)cc1)C(=O)C1CC12CC2. The molecule has 2 aliphatic rings. The standard InChI is InChI=1S/C16H16F3NO3/c17-16(18,19)11-3-1-10(2-4-11)8-20(9-13(21)22)14(23)12-7-15(12)5-6-15/h1-4,12H,5-9H2,(H,21,22). The number of alkyl halides is 3. The van der Waals surface area contributed by atoms with Crippen LogP contribution in [0.4, 0.5) is 13.2 Å². The molecule has 0 aromatic heterocycles. The predicted molar refractivity (Wildman–Crippen MR) is 74.3 cm³/mol. The number of carboxylic acid groups (broad SMARTS) is 1. The van der Waals surface area contributed by atoms with Gasteiger partial charge in [-0.1, -0.05) is 12.1 Å². The average Bonchev–Trinajstić information content (AvgIpc) is 3.37. The van der Waals surface area contributed by atoms with Crippen molar-refractivity contribution < 1.29 is 27.9 Å². The summed E-state index contributed by atoms with van der Waals surface area (Å²) >= 11 is 0. The number of halogens is 3. The van der Waals surface area contributed by atoms with Crippen molar-refractivity contribution >= 4 is 11.9 Å². The lowest BCUT2D eigenvalue weighted by atomic mass is 10.1. The van der Waals surface area contributed by atoms with E-state index >= 15 is 0 Å². The second kappa shape index (κ2) is 5.25. The number of carboxylic acids is 1.